The molecule has 0 spiro atoms. The topological polar surface area (TPSA) is 69.0 Å². The predicted octanol–water partition coefficient (Wildman–Crippen LogP) is 4.84. The number of amides is 1. The third-order valence-corrected chi connectivity index (χ3v) is 5.46. The molecule has 1 N–H and O–H groups in total. The van der Waals surface area contributed by atoms with E-state index in [1.807, 2.05) is 61.8 Å². The molecule has 0 saturated carbocycles. The highest BCUT2D eigenvalue weighted by Crippen LogP contribution is 2.18. The molecule has 0 aliphatic rings. The number of nitrogens with one attached hydrogen (secondary N) is 1. The van der Waals surface area contributed by atoms with Crippen LogP contribution in [0.25, 0.3) is 0 Å². The Morgan fingerprint density at radius 1 is 1.17 bits per heavy atom. The normalized spacial score (nSPS) is 10.7. The minimum Gasteiger partial charge on any atom is -0.487 e. The number of aromatic nitrogens is 3. The van der Waals surface area contributed by atoms with Gasteiger partial charge in [-0.25, -0.2) is 9.97 Å². The van der Waals surface area contributed by atoms with Gasteiger partial charge in [-0.15, -0.1) is 11.3 Å². The van der Waals surface area contributed by atoms with E-state index in [1.54, 1.807) is 29.7 Å². The van der Waals surface area contributed by atoms with E-state index >= 15 is 0 Å². The van der Waals surface area contributed by atoms with Gasteiger partial charge < -0.3 is 14.6 Å². The molecule has 0 aliphatic heterocycles. The smallest absolute Gasteiger partial charge is 0.255 e. The van der Waals surface area contributed by atoms with Crippen molar-refractivity contribution >= 4 is 22.9 Å². The molecular formula is C23H22N4O2S. The van der Waals surface area contributed by atoms with Crippen LogP contribution in [0.4, 0.5) is 5.69 Å². The molecule has 4 rings (SSSR count). The highest BCUT2D eigenvalue weighted by molar-refractivity contribution is 7.09. The summed E-state index contributed by atoms with van der Waals surface area (Å²) in [6.45, 7) is 5.07. The first kappa shape index (κ1) is 19.8. The lowest BCUT2D eigenvalue weighted by molar-refractivity contribution is 0.102. The fraction of sp³-hybridized carbons (Fsp3) is 0.174. The predicted molar refractivity (Wildman–Crippen MR) is 118 cm³/mol. The number of benzene rings is 2. The molecule has 0 atom stereocenters. The van der Waals surface area contributed by atoms with Gasteiger partial charge in [0.25, 0.3) is 5.91 Å². The van der Waals surface area contributed by atoms with Gasteiger partial charge in [-0.1, -0.05) is 18.2 Å². The minimum atomic E-state index is -0.178. The molecule has 4 aromatic rings. The summed E-state index contributed by atoms with van der Waals surface area (Å²) in [5.74, 6) is 1.43. The zero-order valence-corrected chi connectivity index (χ0v) is 17.6. The summed E-state index contributed by atoms with van der Waals surface area (Å²) in [7, 11) is 0. The van der Waals surface area contributed by atoms with E-state index in [9.17, 15) is 4.79 Å². The minimum absolute atomic E-state index is 0.178. The molecule has 0 unspecified atom stereocenters. The monoisotopic (exact) mass is 418 g/mol. The van der Waals surface area contributed by atoms with Crippen LogP contribution in [0.15, 0.2) is 66.3 Å². The van der Waals surface area contributed by atoms with E-state index in [1.165, 1.54) is 0 Å². The fourth-order valence-electron chi connectivity index (χ4n) is 3.02. The molecule has 2 aromatic heterocycles. The number of imidazole rings is 1. The third kappa shape index (κ3) is 4.93. The summed E-state index contributed by atoms with van der Waals surface area (Å²) in [5, 5.41) is 5.92. The Kier molecular flexibility index (Phi) is 5.90. The molecule has 152 valence electrons. The summed E-state index contributed by atoms with van der Waals surface area (Å²) in [4.78, 5) is 21.3. The van der Waals surface area contributed by atoms with Crippen molar-refractivity contribution in [1.82, 2.24) is 14.5 Å². The molecule has 1 amide bonds. The highest BCUT2D eigenvalue weighted by Gasteiger charge is 2.08. The van der Waals surface area contributed by atoms with E-state index in [2.05, 4.69) is 19.9 Å². The summed E-state index contributed by atoms with van der Waals surface area (Å²) < 4.78 is 7.85. The van der Waals surface area contributed by atoms with E-state index in [0.29, 0.717) is 17.9 Å². The van der Waals surface area contributed by atoms with Crippen molar-refractivity contribution in [1.29, 1.82) is 0 Å². The van der Waals surface area contributed by atoms with Gasteiger partial charge in [0.2, 0.25) is 0 Å². The standard InChI is InChI=1S/C23H22N4O2S/c1-16-24-10-11-27(16)13-18-6-8-20(9-7-18)26-23(28)19-4-3-5-22(12-19)29-14-21-15-30-17(2)25-21/h3-12,15H,13-14H2,1-2H3,(H,26,28). The summed E-state index contributed by atoms with van der Waals surface area (Å²) in [5.41, 5.74) is 3.32. The van der Waals surface area contributed by atoms with Crippen molar-refractivity contribution in [3.8, 4) is 5.75 Å². The Morgan fingerprint density at radius 2 is 2.00 bits per heavy atom. The average Bonchev–Trinajstić information content (AvgIpc) is 3.36. The fourth-order valence-corrected chi connectivity index (χ4v) is 3.62. The molecule has 6 nitrogen and oxygen atoms in total. The number of aryl methyl sites for hydroxylation is 2. The number of carbonyl (C=O) groups is 1. The lowest BCUT2D eigenvalue weighted by Gasteiger charge is -2.09. The van der Waals surface area contributed by atoms with Gasteiger partial charge in [-0.05, 0) is 49.7 Å². The Labute approximate surface area is 179 Å². The van der Waals surface area contributed by atoms with Crippen molar-refractivity contribution in [3.05, 3.63) is 94.0 Å². The highest BCUT2D eigenvalue weighted by atomic mass is 32.1. The number of thiazole rings is 1. The van der Waals surface area contributed by atoms with Crippen LogP contribution in [0.3, 0.4) is 0 Å². The van der Waals surface area contributed by atoms with Crippen LogP contribution in [-0.4, -0.2) is 20.4 Å². The summed E-state index contributed by atoms with van der Waals surface area (Å²) in [6, 6.07) is 15.0. The Hall–Kier alpha value is -3.45. The van der Waals surface area contributed by atoms with E-state index in [4.69, 9.17) is 4.74 Å². The van der Waals surface area contributed by atoms with Gasteiger partial charge in [0.05, 0.1) is 10.7 Å². The first-order valence-electron chi connectivity index (χ1n) is 9.59. The number of hydrogen-bond acceptors (Lipinski definition) is 5. The van der Waals surface area contributed by atoms with Crippen LogP contribution in [0, 0.1) is 13.8 Å². The van der Waals surface area contributed by atoms with Crippen LogP contribution in [0.1, 0.15) is 32.4 Å². The van der Waals surface area contributed by atoms with Gasteiger partial charge >= 0.3 is 0 Å². The maximum absolute atomic E-state index is 12.6. The largest absolute Gasteiger partial charge is 0.487 e. The molecular weight excluding hydrogens is 396 g/mol. The number of carbonyl (C=O) groups excluding carboxylic acids is 1. The van der Waals surface area contributed by atoms with Gasteiger partial charge in [-0.3, -0.25) is 4.79 Å². The zero-order chi connectivity index (χ0) is 20.9. The third-order valence-electron chi connectivity index (χ3n) is 4.64. The number of rotatable bonds is 7. The van der Waals surface area contributed by atoms with Crippen molar-refractivity contribution in [2.45, 2.75) is 27.0 Å². The van der Waals surface area contributed by atoms with Crippen LogP contribution >= 0.6 is 11.3 Å². The summed E-state index contributed by atoms with van der Waals surface area (Å²) >= 11 is 1.59. The van der Waals surface area contributed by atoms with E-state index in [0.717, 1.165) is 34.3 Å². The molecule has 30 heavy (non-hydrogen) atoms. The maximum atomic E-state index is 12.6. The average molecular weight is 419 g/mol. The number of hydrogen-bond donors (Lipinski definition) is 1. The van der Waals surface area contributed by atoms with Gasteiger partial charge in [0, 0.05) is 35.6 Å². The second-order valence-electron chi connectivity index (χ2n) is 6.93. The molecule has 7 heteroatoms. The van der Waals surface area contributed by atoms with Crippen molar-refractivity contribution in [2.24, 2.45) is 0 Å². The van der Waals surface area contributed by atoms with Crippen molar-refractivity contribution < 1.29 is 9.53 Å². The van der Waals surface area contributed by atoms with Crippen LogP contribution in [0.5, 0.6) is 5.75 Å². The molecule has 0 aliphatic carbocycles. The van der Waals surface area contributed by atoms with E-state index < -0.39 is 0 Å². The van der Waals surface area contributed by atoms with Crippen molar-refractivity contribution in [3.63, 3.8) is 0 Å². The first-order valence-corrected chi connectivity index (χ1v) is 10.5. The Morgan fingerprint density at radius 3 is 2.70 bits per heavy atom. The molecule has 2 heterocycles. The summed E-state index contributed by atoms with van der Waals surface area (Å²) in [6.07, 6.45) is 3.75. The maximum Gasteiger partial charge on any atom is 0.255 e. The Bertz CT molecular complexity index is 1150. The molecule has 0 fully saturated rings. The lowest BCUT2D eigenvalue weighted by Crippen LogP contribution is -2.12. The molecule has 0 radical (unpaired) electrons. The van der Waals surface area contributed by atoms with Crippen LogP contribution < -0.4 is 10.1 Å². The number of ether oxygens (including phenoxy) is 1. The van der Waals surface area contributed by atoms with E-state index in [-0.39, 0.29) is 5.91 Å². The van der Waals surface area contributed by atoms with Gasteiger partial charge in [0.15, 0.2) is 0 Å². The van der Waals surface area contributed by atoms with Crippen molar-refractivity contribution in [2.75, 3.05) is 5.32 Å². The molecule has 0 bridgehead atoms. The van der Waals surface area contributed by atoms with Gasteiger partial charge in [0.1, 0.15) is 18.2 Å². The van der Waals surface area contributed by atoms with Gasteiger partial charge in [-0.2, -0.15) is 0 Å². The first-order chi connectivity index (χ1) is 14.6. The number of nitrogens with zero attached hydrogens (tertiary/aromatic N) is 3. The SMILES string of the molecule is Cc1nc(COc2cccc(C(=O)Nc3ccc(Cn4ccnc4C)cc3)c2)cs1. The second kappa shape index (κ2) is 8.92. The van der Waals surface area contributed by atoms with Crippen LogP contribution in [0.2, 0.25) is 0 Å². The van der Waals surface area contributed by atoms with Crippen LogP contribution in [-0.2, 0) is 13.2 Å². The number of anilines is 1. The molecule has 0 saturated heterocycles. The zero-order valence-electron chi connectivity index (χ0n) is 16.8. The lowest BCUT2D eigenvalue weighted by atomic mass is 10.1. The quantitative estimate of drug-likeness (QED) is 0.466. The molecule has 2 aromatic carbocycles. The second-order valence-corrected chi connectivity index (χ2v) is 7.99. The Balaban J connectivity index is 1.36.